The lowest BCUT2D eigenvalue weighted by Gasteiger charge is -2.33. The van der Waals surface area contributed by atoms with E-state index in [4.69, 9.17) is 0 Å². The van der Waals surface area contributed by atoms with Crippen molar-refractivity contribution in [3.8, 4) is 0 Å². The summed E-state index contributed by atoms with van der Waals surface area (Å²) < 4.78 is 42.2. The molecule has 208 valence electrons. The molecule has 2 atom stereocenters. The molecule has 0 unspecified atom stereocenters. The summed E-state index contributed by atoms with van der Waals surface area (Å²) in [6, 6.07) is 19.5. The zero-order valence-electron chi connectivity index (χ0n) is 22.8. The molecule has 0 saturated carbocycles. The van der Waals surface area contributed by atoms with Crippen molar-refractivity contribution in [1.82, 2.24) is 10.2 Å². The van der Waals surface area contributed by atoms with Crippen molar-refractivity contribution in [2.24, 2.45) is 0 Å². The Morgan fingerprint density at radius 3 is 2.18 bits per heavy atom. The second-order valence-corrected chi connectivity index (χ2v) is 11.4. The van der Waals surface area contributed by atoms with E-state index < -0.39 is 34.3 Å². The van der Waals surface area contributed by atoms with Crippen molar-refractivity contribution in [2.45, 2.75) is 64.1 Å². The van der Waals surface area contributed by atoms with Gasteiger partial charge in [-0.15, -0.1) is 0 Å². The van der Waals surface area contributed by atoms with Crippen LogP contribution in [0.1, 0.15) is 44.7 Å². The number of sulfonamides is 1. The highest BCUT2D eigenvalue weighted by molar-refractivity contribution is 7.92. The van der Waals surface area contributed by atoms with Crippen LogP contribution in [0.15, 0.2) is 83.8 Å². The van der Waals surface area contributed by atoms with Crippen LogP contribution in [0.25, 0.3) is 0 Å². The molecular formula is C30H36FN3O4S. The maximum Gasteiger partial charge on any atom is 0.264 e. The molecule has 2 amide bonds. The van der Waals surface area contributed by atoms with Crippen molar-refractivity contribution < 1.29 is 22.4 Å². The second-order valence-electron chi connectivity index (χ2n) is 9.55. The van der Waals surface area contributed by atoms with Crippen LogP contribution in [0.3, 0.4) is 0 Å². The Labute approximate surface area is 230 Å². The summed E-state index contributed by atoms with van der Waals surface area (Å²) in [5, 5.41) is 2.93. The van der Waals surface area contributed by atoms with Gasteiger partial charge in [0.1, 0.15) is 18.4 Å². The molecule has 0 aliphatic carbocycles. The molecule has 3 aromatic rings. The minimum atomic E-state index is -4.12. The van der Waals surface area contributed by atoms with E-state index in [0.717, 1.165) is 9.87 Å². The summed E-state index contributed by atoms with van der Waals surface area (Å²) >= 11 is 0. The van der Waals surface area contributed by atoms with E-state index in [1.807, 2.05) is 26.8 Å². The van der Waals surface area contributed by atoms with Gasteiger partial charge in [0.25, 0.3) is 10.0 Å². The van der Waals surface area contributed by atoms with Crippen molar-refractivity contribution >= 4 is 27.5 Å². The lowest BCUT2D eigenvalue weighted by Crippen LogP contribution is -2.53. The quantitative estimate of drug-likeness (QED) is 0.340. The predicted molar refractivity (Wildman–Crippen MR) is 151 cm³/mol. The number of amides is 2. The standard InChI is InChI=1S/C30H36FN3O4S/c1-5-23(4)32-30(36)28(6-2)33(20-24-15-17-25(31)18-16-24)29(35)21-34(26-12-10-11-22(3)19-26)39(37,38)27-13-8-7-9-14-27/h7-19,23,28H,5-6,20-21H2,1-4H3,(H,32,36)/t23-,28+/m0/s1. The van der Waals surface area contributed by atoms with Gasteiger partial charge in [0.05, 0.1) is 10.6 Å². The zero-order chi connectivity index (χ0) is 28.6. The lowest BCUT2D eigenvalue weighted by atomic mass is 10.1. The largest absolute Gasteiger partial charge is 0.352 e. The van der Waals surface area contributed by atoms with Crippen LogP contribution in [-0.4, -0.2) is 43.8 Å². The first-order valence-electron chi connectivity index (χ1n) is 13.1. The Kier molecular flexibility index (Phi) is 10.2. The van der Waals surface area contributed by atoms with E-state index in [1.54, 1.807) is 55.5 Å². The number of carbonyl (C=O) groups is 2. The molecule has 0 aliphatic rings. The molecular weight excluding hydrogens is 517 g/mol. The molecule has 3 rings (SSSR count). The number of rotatable bonds is 12. The molecule has 3 aromatic carbocycles. The minimum absolute atomic E-state index is 0.0125. The fraction of sp³-hybridized carbons (Fsp3) is 0.333. The normalized spacial score (nSPS) is 12.8. The number of anilines is 1. The first-order valence-corrected chi connectivity index (χ1v) is 14.5. The van der Waals surface area contributed by atoms with E-state index in [-0.39, 0.29) is 23.4 Å². The van der Waals surface area contributed by atoms with Crippen molar-refractivity contribution in [3.63, 3.8) is 0 Å². The zero-order valence-corrected chi connectivity index (χ0v) is 23.6. The molecule has 0 spiro atoms. The molecule has 7 nitrogen and oxygen atoms in total. The highest BCUT2D eigenvalue weighted by Gasteiger charge is 2.34. The summed E-state index contributed by atoms with van der Waals surface area (Å²) in [4.78, 5) is 28.7. The van der Waals surface area contributed by atoms with Crippen molar-refractivity contribution in [2.75, 3.05) is 10.8 Å². The summed E-state index contributed by atoms with van der Waals surface area (Å²) in [5.41, 5.74) is 1.79. The van der Waals surface area contributed by atoms with Gasteiger partial charge in [0.15, 0.2) is 0 Å². The van der Waals surface area contributed by atoms with Gasteiger partial charge < -0.3 is 10.2 Å². The third-order valence-electron chi connectivity index (χ3n) is 6.55. The maximum atomic E-state index is 14.0. The van der Waals surface area contributed by atoms with Gasteiger partial charge in [-0.05, 0) is 74.2 Å². The Hall–Kier alpha value is -3.72. The van der Waals surface area contributed by atoms with Gasteiger partial charge in [-0.25, -0.2) is 12.8 Å². The fourth-order valence-electron chi connectivity index (χ4n) is 4.18. The number of hydrogen-bond donors (Lipinski definition) is 1. The average molecular weight is 554 g/mol. The number of aryl methyl sites for hydroxylation is 1. The summed E-state index contributed by atoms with van der Waals surface area (Å²) in [5.74, 6) is -1.29. The number of benzene rings is 3. The third kappa shape index (κ3) is 7.66. The summed E-state index contributed by atoms with van der Waals surface area (Å²) in [7, 11) is -4.12. The molecule has 0 heterocycles. The maximum absolute atomic E-state index is 14.0. The number of halogens is 1. The van der Waals surface area contributed by atoms with Crippen LogP contribution in [-0.2, 0) is 26.2 Å². The summed E-state index contributed by atoms with van der Waals surface area (Å²) in [6.07, 6.45) is 1.02. The van der Waals surface area contributed by atoms with E-state index >= 15 is 0 Å². The van der Waals surface area contributed by atoms with E-state index in [1.165, 1.54) is 29.2 Å². The average Bonchev–Trinajstić information content (AvgIpc) is 2.92. The number of nitrogens with zero attached hydrogens (tertiary/aromatic N) is 2. The van der Waals surface area contributed by atoms with E-state index in [9.17, 15) is 22.4 Å². The van der Waals surface area contributed by atoms with Crippen LogP contribution in [0.5, 0.6) is 0 Å². The second kappa shape index (κ2) is 13.4. The number of carbonyl (C=O) groups excluding carboxylic acids is 2. The van der Waals surface area contributed by atoms with Crippen LogP contribution < -0.4 is 9.62 Å². The van der Waals surface area contributed by atoms with Gasteiger partial charge in [-0.1, -0.05) is 56.3 Å². The first kappa shape index (κ1) is 29.8. The number of hydrogen-bond acceptors (Lipinski definition) is 4. The molecule has 0 radical (unpaired) electrons. The topological polar surface area (TPSA) is 86.8 Å². The Balaban J connectivity index is 2.04. The molecule has 0 fully saturated rings. The van der Waals surface area contributed by atoms with Crippen LogP contribution >= 0.6 is 0 Å². The molecule has 0 bridgehead atoms. The molecule has 1 N–H and O–H groups in total. The van der Waals surface area contributed by atoms with Gasteiger partial charge in [-0.3, -0.25) is 13.9 Å². The van der Waals surface area contributed by atoms with Crippen LogP contribution in [0.2, 0.25) is 0 Å². The number of nitrogens with one attached hydrogen (secondary N) is 1. The molecule has 0 aromatic heterocycles. The highest BCUT2D eigenvalue weighted by Crippen LogP contribution is 2.25. The van der Waals surface area contributed by atoms with Gasteiger partial charge in [0, 0.05) is 12.6 Å². The Bertz CT molecular complexity index is 1360. The predicted octanol–water partition coefficient (Wildman–Crippen LogP) is 5.05. The Morgan fingerprint density at radius 2 is 1.59 bits per heavy atom. The minimum Gasteiger partial charge on any atom is -0.352 e. The molecule has 39 heavy (non-hydrogen) atoms. The molecule has 0 saturated heterocycles. The fourth-order valence-corrected chi connectivity index (χ4v) is 5.61. The van der Waals surface area contributed by atoms with Gasteiger partial charge >= 0.3 is 0 Å². The molecule has 0 aliphatic heterocycles. The van der Waals surface area contributed by atoms with E-state index in [0.29, 0.717) is 24.1 Å². The third-order valence-corrected chi connectivity index (χ3v) is 8.34. The van der Waals surface area contributed by atoms with Crippen molar-refractivity contribution in [1.29, 1.82) is 0 Å². The molecule has 9 heteroatoms. The van der Waals surface area contributed by atoms with Crippen LogP contribution in [0, 0.1) is 12.7 Å². The van der Waals surface area contributed by atoms with E-state index in [2.05, 4.69) is 5.32 Å². The lowest BCUT2D eigenvalue weighted by molar-refractivity contribution is -0.140. The highest BCUT2D eigenvalue weighted by atomic mass is 32.2. The first-order chi connectivity index (χ1) is 18.6. The van der Waals surface area contributed by atoms with Gasteiger partial charge in [-0.2, -0.15) is 0 Å². The smallest absolute Gasteiger partial charge is 0.264 e. The Morgan fingerprint density at radius 1 is 0.923 bits per heavy atom. The van der Waals surface area contributed by atoms with Crippen LogP contribution in [0.4, 0.5) is 10.1 Å². The van der Waals surface area contributed by atoms with Crippen molar-refractivity contribution in [3.05, 3.63) is 95.8 Å². The SMILES string of the molecule is CC[C@H](C(=O)N[C@@H](C)CC)N(Cc1ccc(F)cc1)C(=O)CN(c1cccc(C)c1)S(=O)(=O)c1ccccc1. The summed E-state index contributed by atoms with van der Waals surface area (Å²) in [6.45, 7) is 6.95. The van der Waals surface area contributed by atoms with Gasteiger partial charge in [0.2, 0.25) is 11.8 Å². The monoisotopic (exact) mass is 553 g/mol.